The molecule has 2 fully saturated rings. The van der Waals surface area contributed by atoms with Gasteiger partial charge in [0.15, 0.2) is 5.54 Å². The molecule has 0 saturated carbocycles. The van der Waals surface area contributed by atoms with Crippen LogP contribution >= 0.6 is 0 Å². The van der Waals surface area contributed by atoms with Gasteiger partial charge in [0.25, 0.3) is 11.6 Å². The van der Waals surface area contributed by atoms with Crippen molar-refractivity contribution in [2.24, 2.45) is 11.8 Å². The molecule has 0 unspecified atom stereocenters. The van der Waals surface area contributed by atoms with Crippen LogP contribution in [0.1, 0.15) is 28.9 Å². The molecule has 0 aromatic heterocycles. The number of non-ortho nitro benzene ring substituents is 1. The lowest BCUT2D eigenvalue weighted by Crippen LogP contribution is -2.57. The second-order valence-electron chi connectivity index (χ2n) is 8.03. The molecule has 2 aliphatic rings. The fourth-order valence-electron chi connectivity index (χ4n) is 4.79. The highest BCUT2D eigenvalue weighted by atomic mass is 16.6. The van der Waals surface area contributed by atoms with Crippen molar-refractivity contribution in [1.29, 1.82) is 0 Å². The summed E-state index contributed by atoms with van der Waals surface area (Å²) in [6, 6.07) is 12.1. The van der Waals surface area contributed by atoms with Crippen LogP contribution in [0.2, 0.25) is 0 Å². The fourth-order valence-corrected chi connectivity index (χ4v) is 4.79. The Kier molecular flexibility index (Phi) is 4.80. The molecule has 2 aliphatic heterocycles. The average Bonchev–Trinajstić information content (AvgIpc) is 3.19. The molecule has 10 nitrogen and oxygen atoms in total. The number of carboxylic acids is 1. The van der Waals surface area contributed by atoms with E-state index >= 15 is 0 Å². The molecular formula is C22H19N3O7. The number of nitrogens with zero attached hydrogens (tertiary/aromatic N) is 3. The molecule has 2 aromatic rings. The largest absolute Gasteiger partial charge is 0.479 e. The maximum Gasteiger partial charge on any atom is 0.330 e. The number of carbonyl (C=O) groups excluding carboxylic acids is 3. The van der Waals surface area contributed by atoms with E-state index in [-0.39, 0.29) is 11.3 Å². The zero-order chi connectivity index (χ0) is 23.4. The Morgan fingerprint density at radius 1 is 1.03 bits per heavy atom. The SMILES string of the molecule is CN1C(=O)[C@H]2[C@@H](C1=O)[C@@](C)(C(=O)O)N(C(=O)c1ccccc1)[C@H]2c1ccc([N+](=O)[O-])cc1. The average molecular weight is 437 g/mol. The van der Waals surface area contributed by atoms with Crippen molar-refractivity contribution in [1.82, 2.24) is 9.80 Å². The molecule has 4 rings (SSSR count). The van der Waals surface area contributed by atoms with Crippen LogP contribution in [0.15, 0.2) is 54.6 Å². The smallest absolute Gasteiger partial charge is 0.330 e. The Bertz CT molecular complexity index is 1150. The van der Waals surface area contributed by atoms with Gasteiger partial charge in [-0.3, -0.25) is 29.4 Å². The van der Waals surface area contributed by atoms with E-state index < -0.39 is 52.0 Å². The normalized spacial score (nSPS) is 26.9. The van der Waals surface area contributed by atoms with Crippen LogP contribution in [-0.4, -0.2) is 56.1 Å². The lowest BCUT2D eigenvalue weighted by Gasteiger charge is -2.38. The van der Waals surface area contributed by atoms with E-state index in [1.54, 1.807) is 18.2 Å². The summed E-state index contributed by atoms with van der Waals surface area (Å²) in [5, 5.41) is 21.3. The van der Waals surface area contributed by atoms with E-state index in [1.807, 2.05) is 0 Å². The maximum absolute atomic E-state index is 13.6. The number of nitro benzene ring substituents is 1. The number of rotatable bonds is 4. The van der Waals surface area contributed by atoms with Gasteiger partial charge in [-0.1, -0.05) is 30.3 Å². The molecule has 4 atom stereocenters. The van der Waals surface area contributed by atoms with Gasteiger partial charge in [-0.05, 0) is 24.6 Å². The lowest BCUT2D eigenvalue weighted by atomic mass is 9.80. The van der Waals surface area contributed by atoms with E-state index in [2.05, 4.69) is 0 Å². The van der Waals surface area contributed by atoms with Gasteiger partial charge in [-0.2, -0.15) is 0 Å². The second-order valence-corrected chi connectivity index (χ2v) is 8.03. The molecule has 164 valence electrons. The van der Waals surface area contributed by atoms with Crippen molar-refractivity contribution >= 4 is 29.4 Å². The van der Waals surface area contributed by atoms with E-state index in [0.29, 0.717) is 5.56 Å². The van der Waals surface area contributed by atoms with Gasteiger partial charge in [0.05, 0.1) is 22.8 Å². The Hall–Kier alpha value is -4.08. The Balaban J connectivity index is 1.95. The molecule has 0 radical (unpaired) electrons. The third-order valence-electron chi connectivity index (χ3n) is 6.41. The number of benzene rings is 2. The maximum atomic E-state index is 13.6. The number of fused-ring (bicyclic) bond motifs is 1. The number of hydrogen-bond donors (Lipinski definition) is 1. The van der Waals surface area contributed by atoms with Crippen molar-refractivity contribution in [3.63, 3.8) is 0 Å². The van der Waals surface area contributed by atoms with Crippen LogP contribution in [0.4, 0.5) is 5.69 Å². The summed E-state index contributed by atoms with van der Waals surface area (Å²) in [5.74, 6) is -5.79. The molecule has 2 saturated heterocycles. The minimum Gasteiger partial charge on any atom is -0.479 e. The molecule has 1 N–H and O–H groups in total. The Morgan fingerprint density at radius 3 is 2.16 bits per heavy atom. The van der Waals surface area contributed by atoms with E-state index in [4.69, 9.17) is 0 Å². The minimum atomic E-state index is -2.01. The molecular weight excluding hydrogens is 418 g/mol. The van der Waals surface area contributed by atoms with Crippen LogP contribution in [-0.2, 0) is 14.4 Å². The molecule has 0 aliphatic carbocycles. The van der Waals surface area contributed by atoms with Crippen LogP contribution < -0.4 is 0 Å². The lowest BCUT2D eigenvalue weighted by molar-refractivity contribution is -0.384. The van der Waals surface area contributed by atoms with Crippen molar-refractivity contribution in [2.45, 2.75) is 18.5 Å². The first-order chi connectivity index (χ1) is 15.1. The third-order valence-corrected chi connectivity index (χ3v) is 6.41. The topological polar surface area (TPSA) is 138 Å². The zero-order valence-corrected chi connectivity index (χ0v) is 17.2. The molecule has 0 bridgehead atoms. The van der Waals surface area contributed by atoms with Crippen molar-refractivity contribution in [3.8, 4) is 0 Å². The molecule has 2 aromatic carbocycles. The van der Waals surface area contributed by atoms with Gasteiger partial charge in [-0.15, -0.1) is 0 Å². The van der Waals surface area contributed by atoms with Crippen molar-refractivity contribution in [2.75, 3.05) is 7.05 Å². The number of hydrogen-bond acceptors (Lipinski definition) is 6. The van der Waals surface area contributed by atoms with Gasteiger partial charge < -0.3 is 10.0 Å². The molecule has 32 heavy (non-hydrogen) atoms. The van der Waals surface area contributed by atoms with Gasteiger partial charge in [-0.25, -0.2) is 4.79 Å². The summed E-state index contributed by atoms with van der Waals surface area (Å²) < 4.78 is 0. The predicted octanol–water partition coefficient (Wildman–Crippen LogP) is 1.87. The first-order valence-corrected chi connectivity index (χ1v) is 9.78. The molecule has 0 spiro atoms. The zero-order valence-electron chi connectivity index (χ0n) is 17.2. The molecule has 2 heterocycles. The first-order valence-electron chi connectivity index (χ1n) is 9.78. The number of likely N-dealkylation sites (tertiary alicyclic amines) is 2. The summed E-state index contributed by atoms with van der Waals surface area (Å²) in [5.41, 5.74) is -1.69. The van der Waals surface area contributed by atoms with Gasteiger partial charge in [0, 0.05) is 24.7 Å². The van der Waals surface area contributed by atoms with Gasteiger partial charge in [0.2, 0.25) is 11.8 Å². The van der Waals surface area contributed by atoms with Gasteiger partial charge >= 0.3 is 5.97 Å². The number of carboxylic acid groups (broad SMARTS) is 1. The number of imide groups is 1. The van der Waals surface area contributed by atoms with Crippen LogP contribution in [0.5, 0.6) is 0 Å². The summed E-state index contributed by atoms with van der Waals surface area (Å²) in [4.78, 5) is 64.5. The quantitative estimate of drug-likeness (QED) is 0.438. The third kappa shape index (κ3) is 2.79. The first kappa shape index (κ1) is 21.2. The van der Waals surface area contributed by atoms with E-state index in [1.165, 1.54) is 50.4 Å². The molecule has 10 heteroatoms. The Labute approximate surface area is 182 Å². The number of carbonyl (C=O) groups is 4. The highest BCUT2D eigenvalue weighted by Crippen LogP contribution is 2.55. The van der Waals surface area contributed by atoms with Gasteiger partial charge in [0.1, 0.15) is 0 Å². The summed E-state index contributed by atoms with van der Waals surface area (Å²) in [6.45, 7) is 1.27. The number of aliphatic carboxylic acids is 1. The van der Waals surface area contributed by atoms with E-state index in [9.17, 15) is 34.4 Å². The fraction of sp³-hybridized carbons (Fsp3) is 0.273. The summed E-state index contributed by atoms with van der Waals surface area (Å²) in [6.07, 6.45) is 0. The van der Waals surface area contributed by atoms with Crippen molar-refractivity contribution < 1.29 is 29.2 Å². The van der Waals surface area contributed by atoms with Crippen molar-refractivity contribution in [3.05, 3.63) is 75.8 Å². The Morgan fingerprint density at radius 2 is 1.62 bits per heavy atom. The highest BCUT2D eigenvalue weighted by Gasteiger charge is 2.71. The minimum absolute atomic E-state index is 0.195. The van der Waals surface area contributed by atoms with Crippen LogP contribution in [0.3, 0.4) is 0 Å². The highest BCUT2D eigenvalue weighted by molar-refractivity contribution is 6.11. The number of nitro groups is 1. The second kappa shape index (κ2) is 7.26. The van der Waals surface area contributed by atoms with Crippen LogP contribution in [0, 0.1) is 22.0 Å². The monoisotopic (exact) mass is 437 g/mol. The molecule has 3 amide bonds. The van der Waals surface area contributed by atoms with Crippen LogP contribution in [0.25, 0.3) is 0 Å². The standard InChI is InChI=1S/C22H19N3O7/c1-22(21(29)30)16-15(19(27)23(2)20(16)28)17(12-8-10-14(11-9-12)25(31)32)24(22)18(26)13-6-4-3-5-7-13/h3-11,15-17H,1-2H3,(H,29,30)/t15-,16-,17-,22-/m0/s1. The summed E-state index contributed by atoms with van der Waals surface area (Å²) in [7, 11) is 1.28. The number of amides is 3. The van der Waals surface area contributed by atoms with E-state index in [0.717, 1.165) is 9.80 Å². The predicted molar refractivity (Wildman–Crippen MR) is 109 cm³/mol. The summed E-state index contributed by atoms with van der Waals surface area (Å²) >= 11 is 0.